The minimum Gasteiger partial charge on any atom is -0.278 e. The van der Waals surface area contributed by atoms with Crippen molar-refractivity contribution in [3.8, 4) is 11.4 Å². The van der Waals surface area contributed by atoms with Crippen molar-refractivity contribution in [1.29, 1.82) is 0 Å². The molecule has 0 unspecified atom stereocenters. The van der Waals surface area contributed by atoms with Crippen molar-refractivity contribution in [3.05, 3.63) is 45.1 Å². The van der Waals surface area contributed by atoms with Crippen LogP contribution >= 0.6 is 34.2 Å². The van der Waals surface area contributed by atoms with Crippen LogP contribution in [0.15, 0.2) is 30.6 Å². The van der Waals surface area contributed by atoms with Crippen LogP contribution in [-0.4, -0.2) is 19.6 Å². The van der Waals surface area contributed by atoms with Crippen LogP contribution in [0.4, 0.5) is 4.39 Å². The molecule has 0 spiro atoms. The molecule has 0 saturated heterocycles. The Kier molecular flexibility index (Phi) is 2.90. The molecule has 0 N–H and O–H groups in total. The maximum absolute atomic E-state index is 13.1. The fourth-order valence-corrected chi connectivity index (χ4v) is 2.55. The Morgan fingerprint density at radius 3 is 2.89 bits per heavy atom. The zero-order valence-electron chi connectivity index (χ0n) is 8.81. The van der Waals surface area contributed by atoms with Gasteiger partial charge in [-0.05, 0) is 40.8 Å². The molecular weight excluding hydrogens is 370 g/mol. The third kappa shape index (κ3) is 1.85. The van der Waals surface area contributed by atoms with Crippen molar-refractivity contribution in [1.82, 2.24) is 19.6 Å². The van der Waals surface area contributed by atoms with Crippen LogP contribution in [-0.2, 0) is 0 Å². The lowest BCUT2D eigenvalue weighted by molar-refractivity contribution is 0.627. The minimum atomic E-state index is -0.281. The van der Waals surface area contributed by atoms with Crippen LogP contribution in [0.25, 0.3) is 17.0 Å². The maximum Gasteiger partial charge on any atom is 0.198 e. The van der Waals surface area contributed by atoms with E-state index < -0.39 is 0 Å². The first-order valence-electron chi connectivity index (χ1n) is 4.97. The Morgan fingerprint density at radius 1 is 1.28 bits per heavy atom. The number of nitrogens with zero attached hydrogens (tertiary/aromatic N) is 4. The Morgan fingerprint density at radius 2 is 2.11 bits per heavy atom. The number of rotatable bonds is 1. The molecular formula is C11H5ClFIN4. The van der Waals surface area contributed by atoms with E-state index in [9.17, 15) is 4.39 Å². The summed E-state index contributed by atoms with van der Waals surface area (Å²) in [4.78, 5) is 3.93. The van der Waals surface area contributed by atoms with E-state index in [0.717, 1.165) is 9.13 Å². The fraction of sp³-hybridized carbons (Fsp3) is 0. The van der Waals surface area contributed by atoms with Gasteiger partial charge in [-0.1, -0.05) is 11.6 Å². The molecule has 3 rings (SSSR count). The highest BCUT2D eigenvalue weighted by molar-refractivity contribution is 14.1. The van der Waals surface area contributed by atoms with E-state index in [1.54, 1.807) is 22.9 Å². The second-order valence-electron chi connectivity index (χ2n) is 3.56. The molecule has 90 valence electrons. The average Bonchev–Trinajstić information content (AvgIpc) is 2.74. The van der Waals surface area contributed by atoms with Crippen molar-refractivity contribution in [2.75, 3.05) is 0 Å². The van der Waals surface area contributed by atoms with Gasteiger partial charge in [0.05, 0.1) is 0 Å². The number of aromatic nitrogens is 4. The molecule has 0 atom stereocenters. The van der Waals surface area contributed by atoms with E-state index in [-0.39, 0.29) is 11.0 Å². The molecule has 0 bridgehead atoms. The van der Waals surface area contributed by atoms with Crippen molar-refractivity contribution < 1.29 is 4.39 Å². The average molecular weight is 375 g/mol. The van der Waals surface area contributed by atoms with Crippen LogP contribution in [0.3, 0.4) is 0 Å². The largest absolute Gasteiger partial charge is 0.278 e. The highest BCUT2D eigenvalue weighted by atomic mass is 127. The number of fused-ring (bicyclic) bond motifs is 1. The standard InChI is InChI=1S/C11H5ClFIN4/c12-9-11-17-16-10(18(11)4-3-15-9)7-2-1-6(13)5-8(7)14/h1-5H. The topological polar surface area (TPSA) is 43.1 Å². The lowest BCUT2D eigenvalue weighted by Gasteiger charge is -2.03. The van der Waals surface area contributed by atoms with Crippen molar-refractivity contribution in [2.45, 2.75) is 0 Å². The summed E-state index contributed by atoms with van der Waals surface area (Å²) < 4.78 is 15.6. The summed E-state index contributed by atoms with van der Waals surface area (Å²) >= 11 is 7.99. The van der Waals surface area contributed by atoms with Crippen LogP contribution in [0.5, 0.6) is 0 Å². The normalized spacial score (nSPS) is 11.1. The van der Waals surface area contributed by atoms with Gasteiger partial charge in [-0.25, -0.2) is 9.37 Å². The summed E-state index contributed by atoms with van der Waals surface area (Å²) in [7, 11) is 0. The van der Waals surface area contributed by atoms with Crippen LogP contribution in [0.2, 0.25) is 5.15 Å². The molecule has 4 nitrogen and oxygen atoms in total. The molecule has 2 aromatic heterocycles. The molecule has 0 saturated carbocycles. The molecule has 0 aliphatic rings. The molecule has 3 aromatic rings. The predicted octanol–water partition coefficient (Wildman–Crippen LogP) is 3.19. The summed E-state index contributed by atoms with van der Waals surface area (Å²) in [6.45, 7) is 0. The summed E-state index contributed by atoms with van der Waals surface area (Å²) in [5.41, 5.74) is 1.28. The van der Waals surface area contributed by atoms with Gasteiger partial charge in [-0.15, -0.1) is 10.2 Å². The van der Waals surface area contributed by atoms with Crippen molar-refractivity contribution in [2.24, 2.45) is 0 Å². The number of benzene rings is 1. The second kappa shape index (κ2) is 4.43. The minimum absolute atomic E-state index is 0.281. The fourth-order valence-electron chi connectivity index (χ4n) is 1.65. The van der Waals surface area contributed by atoms with E-state index >= 15 is 0 Å². The zero-order chi connectivity index (χ0) is 12.7. The third-order valence-electron chi connectivity index (χ3n) is 2.46. The highest BCUT2D eigenvalue weighted by Crippen LogP contribution is 2.26. The first-order valence-corrected chi connectivity index (χ1v) is 6.43. The Balaban J connectivity index is 2.29. The van der Waals surface area contributed by atoms with Gasteiger partial charge >= 0.3 is 0 Å². The summed E-state index contributed by atoms with van der Waals surface area (Å²) in [6.07, 6.45) is 3.29. The highest BCUT2D eigenvalue weighted by Gasteiger charge is 2.13. The lowest BCUT2D eigenvalue weighted by atomic mass is 10.2. The SMILES string of the molecule is Fc1ccc(-c2nnc3c(Cl)nccn23)c(I)c1. The van der Waals surface area contributed by atoms with Crippen molar-refractivity contribution in [3.63, 3.8) is 0 Å². The monoisotopic (exact) mass is 374 g/mol. The number of halogens is 3. The third-order valence-corrected chi connectivity index (χ3v) is 3.62. The molecule has 0 radical (unpaired) electrons. The molecule has 2 heterocycles. The quantitative estimate of drug-likeness (QED) is 0.615. The molecule has 0 aliphatic carbocycles. The van der Waals surface area contributed by atoms with Gasteiger partial charge < -0.3 is 0 Å². The maximum atomic E-state index is 13.1. The Hall–Kier alpha value is -1.28. The van der Waals surface area contributed by atoms with Crippen LogP contribution < -0.4 is 0 Å². The van der Waals surface area contributed by atoms with E-state index in [1.165, 1.54) is 12.1 Å². The van der Waals surface area contributed by atoms with E-state index in [1.807, 2.05) is 0 Å². The zero-order valence-corrected chi connectivity index (χ0v) is 11.7. The van der Waals surface area contributed by atoms with Crippen LogP contribution in [0, 0.1) is 9.39 Å². The first-order chi connectivity index (χ1) is 8.66. The first kappa shape index (κ1) is 11.8. The van der Waals surface area contributed by atoms with Gasteiger partial charge in [-0.2, -0.15) is 0 Å². The summed E-state index contributed by atoms with van der Waals surface area (Å²) in [5.74, 6) is 0.329. The summed E-state index contributed by atoms with van der Waals surface area (Å²) in [6, 6.07) is 4.50. The smallest absolute Gasteiger partial charge is 0.198 e. The van der Waals surface area contributed by atoms with Crippen LogP contribution in [0.1, 0.15) is 0 Å². The molecule has 0 amide bonds. The van der Waals surface area contributed by atoms with E-state index in [2.05, 4.69) is 37.8 Å². The molecule has 7 heteroatoms. The molecule has 0 fully saturated rings. The van der Waals surface area contributed by atoms with Gasteiger partial charge in [0, 0.05) is 21.5 Å². The van der Waals surface area contributed by atoms with Crippen molar-refractivity contribution >= 4 is 39.8 Å². The second-order valence-corrected chi connectivity index (χ2v) is 5.08. The van der Waals surface area contributed by atoms with E-state index in [4.69, 9.17) is 11.6 Å². The van der Waals surface area contributed by atoms with Gasteiger partial charge in [0.25, 0.3) is 0 Å². The lowest BCUT2D eigenvalue weighted by Crippen LogP contribution is -1.93. The summed E-state index contributed by atoms with van der Waals surface area (Å²) in [5, 5.41) is 8.34. The Labute approximate surface area is 120 Å². The van der Waals surface area contributed by atoms with Gasteiger partial charge in [-0.3, -0.25) is 4.40 Å². The number of hydrogen-bond acceptors (Lipinski definition) is 3. The predicted molar refractivity (Wildman–Crippen MR) is 73.9 cm³/mol. The number of hydrogen-bond donors (Lipinski definition) is 0. The molecule has 1 aromatic carbocycles. The van der Waals surface area contributed by atoms with Gasteiger partial charge in [0.1, 0.15) is 5.82 Å². The van der Waals surface area contributed by atoms with Gasteiger partial charge in [0.15, 0.2) is 16.6 Å². The van der Waals surface area contributed by atoms with Gasteiger partial charge in [0.2, 0.25) is 0 Å². The Bertz CT molecular complexity index is 743. The molecule has 18 heavy (non-hydrogen) atoms. The van der Waals surface area contributed by atoms with E-state index in [0.29, 0.717) is 11.5 Å². The molecule has 0 aliphatic heterocycles.